The highest BCUT2D eigenvalue weighted by molar-refractivity contribution is 5.88. The van der Waals surface area contributed by atoms with Crippen molar-refractivity contribution < 1.29 is 14.3 Å². The molecule has 0 aliphatic carbocycles. The average molecular weight is 299 g/mol. The second-order valence-corrected chi connectivity index (χ2v) is 6.25. The van der Waals surface area contributed by atoms with E-state index in [2.05, 4.69) is 6.92 Å². The van der Waals surface area contributed by atoms with Gasteiger partial charge in [0.25, 0.3) is 0 Å². The molecule has 4 nitrogen and oxygen atoms in total. The van der Waals surface area contributed by atoms with Crippen molar-refractivity contribution in [2.45, 2.75) is 91.0 Å². The highest BCUT2D eigenvalue weighted by Crippen LogP contribution is 2.10. The Bertz CT molecular complexity index is 290. The Morgan fingerprint density at radius 2 is 1.48 bits per heavy atom. The van der Waals surface area contributed by atoms with E-state index in [0.717, 1.165) is 19.3 Å². The topological polar surface area (TPSA) is 69.4 Å². The van der Waals surface area contributed by atoms with Gasteiger partial charge < -0.3 is 10.5 Å². The third-order valence-corrected chi connectivity index (χ3v) is 3.48. The summed E-state index contributed by atoms with van der Waals surface area (Å²) in [5.41, 5.74) is 5.67. The van der Waals surface area contributed by atoms with Crippen LogP contribution in [0.4, 0.5) is 0 Å². The van der Waals surface area contributed by atoms with Crippen LogP contribution >= 0.6 is 0 Å². The first-order chi connectivity index (χ1) is 9.97. The highest BCUT2D eigenvalue weighted by Gasteiger charge is 2.19. The van der Waals surface area contributed by atoms with Crippen molar-refractivity contribution in [3.05, 3.63) is 0 Å². The van der Waals surface area contributed by atoms with E-state index in [1.54, 1.807) is 0 Å². The Kier molecular flexibility index (Phi) is 12.3. The van der Waals surface area contributed by atoms with Crippen LogP contribution in [0.5, 0.6) is 0 Å². The van der Waals surface area contributed by atoms with E-state index < -0.39 is 18.0 Å². The molecule has 0 rings (SSSR count). The van der Waals surface area contributed by atoms with Crippen molar-refractivity contribution in [3.8, 4) is 0 Å². The van der Waals surface area contributed by atoms with Gasteiger partial charge in [-0.1, -0.05) is 65.7 Å². The molecule has 0 aromatic heterocycles. The summed E-state index contributed by atoms with van der Waals surface area (Å²) in [6, 6.07) is -0.687. The Labute approximate surface area is 129 Å². The van der Waals surface area contributed by atoms with Gasteiger partial charge in [0.05, 0.1) is 0 Å². The first kappa shape index (κ1) is 20.1. The van der Waals surface area contributed by atoms with Gasteiger partial charge in [0, 0.05) is 6.42 Å². The number of carbonyl (C=O) groups excluding carboxylic acids is 2. The molecule has 0 aromatic carbocycles. The van der Waals surface area contributed by atoms with Crippen LogP contribution in [-0.2, 0) is 14.3 Å². The molecule has 0 heterocycles. The molecule has 0 aliphatic rings. The number of carbonyl (C=O) groups is 2. The molecule has 0 aromatic rings. The Morgan fingerprint density at radius 3 is 2.00 bits per heavy atom. The van der Waals surface area contributed by atoms with E-state index in [-0.39, 0.29) is 0 Å². The fourth-order valence-corrected chi connectivity index (χ4v) is 2.25. The van der Waals surface area contributed by atoms with E-state index in [1.807, 2.05) is 13.8 Å². The van der Waals surface area contributed by atoms with E-state index in [4.69, 9.17) is 10.5 Å². The lowest BCUT2D eigenvalue weighted by Crippen LogP contribution is -2.34. The third kappa shape index (κ3) is 12.5. The minimum absolute atomic E-state index is 0.315. The molecule has 0 fully saturated rings. The van der Waals surface area contributed by atoms with Crippen molar-refractivity contribution in [2.24, 2.45) is 11.7 Å². The normalized spacial score (nSPS) is 12.4. The summed E-state index contributed by atoms with van der Waals surface area (Å²) >= 11 is 0. The van der Waals surface area contributed by atoms with Crippen molar-refractivity contribution >= 4 is 11.9 Å². The van der Waals surface area contributed by atoms with Crippen LogP contribution in [0, 0.1) is 5.92 Å². The zero-order chi connectivity index (χ0) is 16.1. The standard InChI is InChI=1S/C17H33NO3/c1-4-5-6-7-8-9-10-11-12-16(19)21-17(20)15(18)13-14(2)3/h14-15H,4-13,18H2,1-3H3/t15-/m0/s1. The van der Waals surface area contributed by atoms with Crippen molar-refractivity contribution in [1.29, 1.82) is 0 Å². The number of esters is 2. The van der Waals surface area contributed by atoms with E-state index in [0.29, 0.717) is 18.8 Å². The summed E-state index contributed by atoms with van der Waals surface area (Å²) in [6.07, 6.45) is 10.2. The molecule has 21 heavy (non-hydrogen) atoms. The van der Waals surface area contributed by atoms with E-state index in [9.17, 15) is 9.59 Å². The Balaban J connectivity index is 3.55. The van der Waals surface area contributed by atoms with E-state index >= 15 is 0 Å². The maximum atomic E-state index is 11.6. The van der Waals surface area contributed by atoms with Gasteiger partial charge in [0.2, 0.25) is 0 Å². The third-order valence-electron chi connectivity index (χ3n) is 3.48. The van der Waals surface area contributed by atoms with Crippen LogP contribution in [0.3, 0.4) is 0 Å². The molecule has 0 aliphatic heterocycles. The molecule has 0 radical (unpaired) electrons. The molecular weight excluding hydrogens is 266 g/mol. The largest absolute Gasteiger partial charge is 0.392 e. The molecule has 0 saturated heterocycles. The van der Waals surface area contributed by atoms with Crippen LogP contribution in [0.2, 0.25) is 0 Å². The van der Waals surface area contributed by atoms with E-state index in [1.165, 1.54) is 32.1 Å². The minimum Gasteiger partial charge on any atom is -0.392 e. The fourth-order valence-electron chi connectivity index (χ4n) is 2.25. The Morgan fingerprint density at radius 1 is 0.952 bits per heavy atom. The predicted molar refractivity (Wildman–Crippen MR) is 85.8 cm³/mol. The molecule has 4 heteroatoms. The van der Waals surface area contributed by atoms with Gasteiger partial charge in [-0.05, 0) is 18.8 Å². The molecule has 0 saturated carbocycles. The molecule has 0 spiro atoms. The monoisotopic (exact) mass is 299 g/mol. The van der Waals surface area contributed by atoms with Crippen LogP contribution in [0.25, 0.3) is 0 Å². The zero-order valence-electron chi connectivity index (χ0n) is 14.0. The van der Waals surface area contributed by atoms with Crippen LogP contribution in [0.15, 0.2) is 0 Å². The zero-order valence-corrected chi connectivity index (χ0v) is 14.0. The van der Waals surface area contributed by atoms with Gasteiger partial charge in [0.15, 0.2) is 0 Å². The molecule has 0 bridgehead atoms. The number of nitrogens with two attached hydrogens (primary N) is 1. The number of unbranched alkanes of at least 4 members (excludes halogenated alkanes) is 7. The molecule has 0 unspecified atom stereocenters. The van der Waals surface area contributed by atoms with Gasteiger partial charge in [-0.2, -0.15) is 0 Å². The van der Waals surface area contributed by atoms with Crippen molar-refractivity contribution in [2.75, 3.05) is 0 Å². The van der Waals surface area contributed by atoms with Gasteiger partial charge in [0.1, 0.15) is 6.04 Å². The SMILES string of the molecule is CCCCCCCCCCC(=O)OC(=O)[C@@H](N)CC(C)C. The summed E-state index contributed by atoms with van der Waals surface area (Å²) in [7, 11) is 0. The maximum absolute atomic E-state index is 11.6. The molecular formula is C17H33NO3. The van der Waals surface area contributed by atoms with Gasteiger partial charge in [-0.25, -0.2) is 4.79 Å². The average Bonchev–Trinajstić information content (AvgIpc) is 2.41. The van der Waals surface area contributed by atoms with Crippen molar-refractivity contribution in [1.82, 2.24) is 0 Å². The van der Waals surface area contributed by atoms with Crippen LogP contribution in [0.1, 0.15) is 85.0 Å². The smallest absolute Gasteiger partial charge is 0.330 e. The lowest BCUT2D eigenvalue weighted by Gasteiger charge is -2.12. The first-order valence-electron chi connectivity index (χ1n) is 8.47. The second-order valence-electron chi connectivity index (χ2n) is 6.25. The molecule has 0 amide bonds. The van der Waals surface area contributed by atoms with Gasteiger partial charge in [-0.15, -0.1) is 0 Å². The first-order valence-corrected chi connectivity index (χ1v) is 8.47. The summed E-state index contributed by atoms with van der Waals surface area (Å²) in [6.45, 7) is 6.17. The summed E-state index contributed by atoms with van der Waals surface area (Å²) in [5.74, 6) is -0.714. The highest BCUT2D eigenvalue weighted by atomic mass is 16.6. The van der Waals surface area contributed by atoms with Crippen molar-refractivity contribution in [3.63, 3.8) is 0 Å². The Hall–Kier alpha value is -0.900. The van der Waals surface area contributed by atoms with Gasteiger partial charge in [-0.3, -0.25) is 4.79 Å². The molecule has 1 atom stereocenters. The number of rotatable bonds is 12. The number of hydrogen-bond acceptors (Lipinski definition) is 4. The second kappa shape index (κ2) is 12.8. The molecule has 124 valence electrons. The maximum Gasteiger partial charge on any atom is 0.330 e. The molecule has 2 N–H and O–H groups in total. The van der Waals surface area contributed by atoms with Crippen LogP contribution < -0.4 is 5.73 Å². The quantitative estimate of drug-likeness (QED) is 0.336. The summed E-state index contributed by atoms with van der Waals surface area (Å²) in [4.78, 5) is 23.1. The lowest BCUT2D eigenvalue weighted by molar-refractivity contribution is -0.160. The number of hydrogen-bond donors (Lipinski definition) is 1. The van der Waals surface area contributed by atoms with Gasteiger partial charge >= 0.3 is 11.9 Å². The van der Waals surface area contributed by atoms with Crippen LogP contribution in [-0.4, -0.2) is 18.0 Å². The summed E-state index contributed by atoms with van der Waals surface area (Å²) < 4.78 is 4.77. The number of ether oxygens (including phenoxy) is 1. The summed E-state index contributed by atoms with van der Waals surface area (Å²) in [5, 5.41) is 0. The minimum atomic E-state index is -0.687. The fraction of sp³-hybridized carbons (Fsp3) is 0.882. The lowest BCUT2D eigenvalue weighted by atomic mass is 10.0. The predicted octanol–water partition coefficient (Wildman–Crippen LogP) is 3.96.